The number of carboxylic acid groups (broad SMARTS) is 1. The number of hydrogen-bond acceptors (Lipinski definition) is 3. The molecule has 0 amide bonds. The lowest BCUT2D eigenvalue weighted by atomic mass is 10.3. The van der Waals surface area contributed by atoms with E-state index in [1.807, 2.05) is 10.8 Å². The molecule has 0 saturated carbocycles. The van der Waals surface area contributed by atoms with Gasteiger partial charge in [-0.25, -0.2) is 9.78 Å². The van der Waals surface area contributed by atoms with Crippen LogP contribution in [-0.4, -0.2) is 21.0 Å². The van der Waals surface area contributed by atoms with Gasteiger partial charge in [0.2, 0.25) is 0 Å². The van der Waals surface area contributed by atoms with Gasteiger partial charge in [-0.2, -0.15) is 11.3 Å². The maximum absolute atomic E-state index is 10.6. The second kappa shape index (κ2) is 3.55. The number of H-pyrrole nitrogens is 1. The molecule has 2 heterocycles. The molecule has 0 fully saturated rings. The molecule has 0 unspecified atom stereocenters. The molecule has 2 rings (SSSR count). The van der Waals surface area contributed by atoms with Crippen LogP contribution in [0.25, 0.3) is 11.4 Å². The van der Waals surface area contributed by atoms with E-state index in [-0.39, 0.29) is 5.69 Å². The van der Waals surface area contributed by atoms with Gasteiger partial charge in [0.25, 0.3) is 0 Å². The Morgan fingerprint density at radius 1 is 1.57 bits per heavy atom. The fourth-order valence-corrected chi connectivity index (χ4v) is 2.48. The van der Waals surface area contributed by atoms with Crippen molar-refractivity contribution in [3.8, 4) is 11.4 Å². The van der Waals surface area contributed by atoms with Gasteiger partial charge in [0.15, 0.2) is 0 Å². The average molecular weight is 273 g/mol. The van der Waals surface area contributed by atoms with Crippen LogP contribution in [0.15, 0.2) is 21.4 Å². The van der Waals surface area contributed by atoms with Crippen molar-refractivity contribution in [2.45, 2.75) is 0 Å². The smallest absolute Gasteiger partial charge is 0.353 e. The molecule has 0 aromatic carbocycles. The number of carboxylic acids is 1. The molecule has 6 heteroatoms. The van der Waals surface area contributed by atoms with Crippen LogP contribution in [-0.2, 0) is 0 Å². The topological polar surface area (TPSA) is 66.0 Å². The number of aromatic amines is 1. The van der Waals surface area contributed by atoms with Gasteiger partial charge in [0, 0.05) is 20.8 Å². The van der Waals surface area contributed by atoms with Crippen LogP contribution < -0.4 is 0 Å². The molecule has 0 bridgehead atoms. The lowest BCUT2D eigenvalue weighted by molar-refractivity contribution is 0.0691. The van der Waals surface area contributed by atoms with E-state index in [0.29, 0.717) is 5.82 Å². The molecule has 0 radical (unpaired) electrons. The zero-order valence-electron chi connectivity index (χ0n) is 6.82. The maximum atomic E-state index is 10.6. The highest BCUT2D eigenvalue weighted by molar-refractivity contribution is 9.10. The summed E-state index contributed by atoms with van der Waals surface area (Å²) in [5.74, 6) is -0.439. The first-order valence-electron chi connectivity index (χ1n) is 3.69. The highest BCUT2D eigenvalue weighted by atomic mass is 79.9. The van der Waals surface area contributed by atoms with Gasteiger partial charge in [-0.15, -0.1) is 0 Å². The first-order chi connectivity index (χ1) is 6.68. The minimum atomic E-state index is -1.00. The molecule has 72 valence electrons. The predicted molar refractivity (Wildman–Crippen MR) is 56.6 cm³/mol. The Morgan fingerprint density at radius 2 is 2.36 bits per heavy atom. The van der Waals surface area contributed by atoms with Crippen LogP contribution in [0.4, 0.5) is 0 Å². The summed E-state index contributed by atoms with van der Waals surface area (Å²) >= 11 is 4.88. The Kier molecular flexibility index (Phi) is 2.39. The highest BCUT2D eigenvalue weighted by Gasteiger charge is 2.11. The number of carbonyl (C=O) groups is 1. The Bertz CT molecular complexity index is 477. The third-order valence-electron chi connectivity index (χ3n) is 1.68. The fourth-order valence-electron chi connectivity index (χ4n) is 1.02. The van der Waals surface area contributed by atoms with Gasteiger partial charge >= 0.3 is 5.97 Å². The molecule has 2 aromatic rings. The van der Waals surface area contributed by atoms with E-state index in [0.717, 1.165) is 10.0 Å². The first-order valence-corrected chi connectivity index (χ1v) is 5.42. The molecule has 4 nitrogen and oxygen atoms in total. The van der Waals surface area contributed by atoms with Gasteiger partial charge in [-0.1, -0.05) is 0 Å². The van der Waals surface area contributed by atoms with Crippen molar-refractivity contribution in [3.63, 3.8) is 0 Å². The van der Waals surface area contributed by atoms with Gasteiger partial charge < -0.3 is 10.1 Å². The Labute approximate surface area is 91.7 Å². The van der Waals surface area contributed by atoms with Crippen LogP contribution in [0.3, 0.4) is 0 Å². The zero-order chi connectivity index (χ0) is 10.1. The minimum absolute atomic E-state index is 0.0955. The first kappa shape index (κ1) is 9.42. The number of thiophene rings is 1. The van der Waals surface area contributed by atoms with Crippen LogP contribution >= 0.6 is 27.3 Å². The van der Waals surface area contributed by atoms with Crippen molar-refractivity contribution < 1.29 is 9.90 Å². The second-order valence-electron chi connectivity index (χ2n) is 2.58. The highest BCUT2D eigenvalue weighted by Crippen LogP contribution is 2.29. The lowest BCUT2D eigenvalue weighted by Gasteiger charge is -1.91. The second-order valence-corrected chi connectivity index (χ2v) is 4.18. The Morgan fingerprint density at radius 3 is 2.86 bits per heavy atom. The molecule has 0 aliphatic heterocycles. The summed E-state index contributed by atoms with van der Waals surface area (Å²) < 4.78 is 0.911. The molecule has 2 N–H and O–H groups in total. The van der Waals surface area contributed by atoms with Crippen LogP contribution in [0.2, 0.25) is 0 Å². The number of rotatable bonds is 2. The van der Waals surface area contributed by atoms with Gasteiger partial charge in [-0.3, -0.25) is 0 Å². The third-order valence-corrected chi connectivity index (χ3v) is 3.38. The molecule has 0 aliphatic rings. The zero-order valence-corrected chi connectivity index (χ0v) is 9.22. The van der Waals surface area contributed by atoms with E-state index in [1.54, 1.807) is 0 Å². The minimum Gasteiger partial charge on any atom is -0.477 e. The molecule has 0 spiro atoms. The van der Waals surface area contributed by atoms with E-state index < -0.39 is 5.97 Å². The summed E-state index contributed by atoms with van der Waals surface area (Å²) in [5.41, 5.74) is 0.973. The Hall–Kier alpha value is -1.14. The largest absolute Gasteiger partial charge is 0.477 e. The SMILES string of the molecule is O=C(O)c1cnc(-c2cscc2Br)[nH]1. The number of aromatic nitrogens is 2. The standard InChI is InChI=1S/C8H5BrN2O2S/c9-5-3-14-2-4(5)7-10-1-6(11-7)8(12)13/h1-3H,(H,10,11)(H,12,13). The number of nitrogens with zero attached hydrogens (tertiary/aromatic N) is 1. The predicted octanol–water partition coefficient (Wildman–Crippen LogP) is 2.60. The van der Waals surface area contributed by atoms with E-state index in [2.05, 4.69) is 25.9 Å². The lowest BCUT2D eigenvalue weighted by Crippen LogP contribution is -1.95. The number of nitrogens with one attached hydrogen (secondary N) is 1. The van der Waals surface area contributed by atoms with Crippen molar-refractivity contribution in [1.82, 2.24) is 9.97 Å². The van der Waals surface area contributed by atoms with Gasteiger partial charge in [-0.05, 0) is 15.9 Å². The van der Waals surface area contributed by atoms with Crippen molar-refractivity contribution >= 4 is 33.2 Å². The molecule has 0 atom stereocenters. The van der Waals surface area contributed by atoms with Crippen molar-refractivity contribution in [2.75, 3.05) is 0 Å². The van der Waals surface area contributed by atoms with Crippen LogP contribution in [0.1, 0.15) is 10.5 Å². The monoisotopic (exact) mass is 272 g/mol. The summed E-state index contributed by atoms with van der Waals surface area (Å²) in [7, 11) is 0. The van der Waals surface area contributed by atoms with Crippen LogP contribution in [0.5, 0.6) is 0 Å². The van der Waals surface area contributed by atoms with Crippen LogP contribution in [0, 0.1) is 0 Å². The number of halogens is 1. The summed E-state index contributed by atoms with van der Waals surface area (Å²) in [6.45, 7) is 0. The quantitative estimate of drug-likeness (QED) is 0.883. The van der Waals surface area contributed by atoms with E-state index >= 15 is 0 Å². The molecule has 14 heavy (non-hydrogen) atoms. The van der Waals surface area contributed by atoms with E-state index in [1.165, 1.54) is 17.5 Å². The maximum Gasteiger partial charge on any atom is 0.353 e. The molecule has 0 aliphatic carbocycles. The van der Waals surface area contributed by atoms with E-state index in [4.69, 9.17) is 5.11 Å². The van der Waals surface area contributed by atoms with Crippen molar-refractivity contribution in [1.29, 1.82) is 0 Å². The van der Waals surface area contributed by atoms with Gasteiger partial charge in [0.05, 0.1) is 6.20 Å². The van der Waals surface area contributed by atoms with Crippen molar-refractivity contribution in [3.05, 3.63) is 27.1 Å². The van der Waals surface area contributed by atoms with Gasteiger partial charge in [0.1, 0.15) is 11.5 Å². The molecular weight excluding hydrogens is 268 g/mol. The average Bonchev–Trinajstić information content (AvgIpc) is 2.71. The number of hydrogen-bond donors (Lipinski definition) is 2. The third kappa shape index (κ3) is 1.58. The summed E-state index contributed by atoms with van der Waals surface area (Å²) in [6.07, 6.45) is 1.31. The number of imidazole rings is 1. The summed E-state index contributed by atoms with van der Waals surface area (Å²) in [6, 6.07) is 0. The number of aromatic carboxylic acids is 1. The molecule has 2 aromatic heterocycles. The fraction of sp³-hybridized carbons (Fsp3) is 0. The molecule has 0 saturated heterocycles. The molecular formula is C8H5BrN2O2S. The summed E-state index contributed by atoms with van der Waals surface area (Å²) in [5, 5.41) is 12.5. The summed E-state index contributed by atoms with van der Waals surface area (Å²) in [4.78, 5) is 17.3. The normalized spacial score (nSPS) is 10.4. The van der Waals surface area contributed by atoms with E-state index in [9.17, 15) is 4.79 Å². The Balaban J connectivity index is 2.43. The van der Waals surface area contributed by atoms with Crippen molar-refractivity contribution in [2.24, 2.45) is 0 Å².